The Labute approximate surface area is 173 Å². The van der Waals surface area contributed by atoms with Gasteiger partial charge in [-0.3, -0.25) is 14.9 Å². The summed E-state index contributed by atoms with van der Waals surface area (Å²) in [5, 5.41) is 22.9. The molecule has 152 valence electrons. The number of benzene rings is 1. The Morgan fingerprint density at radius 2 is 2.10 bits per heavy atom. The Hall–Kier alpha value is -2.55. The Kier molecular flexibility index (Phi) is 4.60. The van der Waals surface area contributed by atoms with Gasteiger partial charge in [0, 0.05) is 28.7 Å². The van der Waals surface area contributed by atoms with E-state index in [-0.39, 0.29) is 28.2 Å². The molecule has 0 unspecified atom stereocenters. The first-order valence-corrected chi connectivity index (χ1v) is 10.5. The maximum atomic E-state index is 12.3. The van der Waals surface area contributed by atoms with Gasteiger partial charge >= 0.3 is 0 Å². The van der Waals surface area contributed by atoms with Crippen LogP contribution in [-0.4, -0.2) is 31.8 Å². The Morgan fingerprint density at radius 3 is 2.83 bits per heavy atom. The molecular formula is C20H23N5O3S. The third-order valence-corrected chi connectivity index (χ3v) is 7.63. The highest BCUT2D eigenvalue weighted by Crippen LogP contribution is 2.66. The van der Waals surface area contributed by atoms with Gasteiger partial charge in [0.05, 0.1) is 22.1 Å². The monoisotopic (exact) mass is 413 g/mol. The van der Waals surface area contributed by atoms with Crippen molar-refractivity contribution in [3.8, 4) is 0 Å². The summed E-state index contributed by atoms with van der Waals surface area (Å²) in [5.74, 6) is 0.221. The molecule has 1 heterocycles. The van der Waals surface area contributed by atoms with Gasteiger partial charge in [-0.05, 0) is 31.2 Å². The third kappa shape index (κ3) is 3.08. The molecule has 1 N–H and O–H groups in total. The second kappa shape index (κ2) is 6.76. The summed E-state index contributed by atoms with van der Waals surface area (Å²) in [6.07, 6.45) is 2.21. The predicted octanol–water partition coefficient (Wildman–Crippen LogP) is 3.99. The van der Waals surface area contributed by atoms with E-state index in [1.165, 1.54) is 17.8 Å². The quantitative estimate of drug-likeness (QED) is 0.448. The van der Waals surface area contributed by atoms with Crippen molar-refractivity contribution in [2.24, 2.45) is 5.41 Å². The highest BCUT2D eigenvalue weighted by Gasteiger charge is 2.61. The Balaban J connectivity index is 1.44. The van der Waals surface area contributed by atoms with Gasteiger partial charge in [-0.25, -0.2) is 4.98 Å². The van der Waals surface area contributed by atoms with Gasteiger partial charge in [-0.1, -0.05) is 38.6 Å². The molecule has 2 aromatic rings. The highest BCUT2D eigenvalue weighted by atomic mass is 32.2. The van der Waals surface area contributed by atoms with E-state index in [0.29, 0.717) is 22.3 Å². The fourth-order valence-corrected chi connectivity index (χ4v) is 5.22. The van der Waals surface area contributed by atoms with Gasteiger partial charge in [0.2, 0.25) is 11.1 Å². The summed E-state index contributed by atoms with van der Waals surface area (Å²) in [7, 11) is 0. The van der Waals surface area contributed by atoms with Crippen LogP contribution in [0.25, 0.3) is 0 Å². The number of fused-ring (bicyclic) bond motifs is 5. The van der Waals surface area contributed by atoms with E-state index < -0.39 is 4.92 Å². The maximum absolute atomic E-state index is 12.3. The number of nitrogens with zero attached hydrogens (tertiary/aromatic N) is 4. The van der Waals surface area contributed by atoms with Gasteiger partial charge in [0.25, 0.3) is 5.69 Å². The number of amides is 1. The number of nitrogens with one attached hydrogen (secondary N) is 1. The van der Waals surface area contributed by atoms with Crippen molar-refractivity contribution in [2.75, 3.05) is 11.1 Å². The van der Waals surface area contributed by atoms with E-state index in [9.17, 15) is 14.9 Å². The van der Waals surface area contributed by atoms with Crippen LogP contribution in [0.1, 0.15) is 56.5 Å². The van der Waals surface area contributed by atoms with E-state index in [4.69, 9.17) is 4.98 Å². The molecule has 29 heavy (non-hydrogen) atoms. The van der Waals surface area contributed by atoms with E-state index in [1.54, 1.807) is 19.1 Å². The number of hydrogen-bond acceptors (Lipinski definition) is 7. The molecule has 1 aromatic carbocycles. The van der Waals surface area contributed by atoms with Crippen molar-refractivity contribution in [3.63, 3.8) is 0 Å². The van der Waals surface area contributed by atoms with Gasteiger partial charge in [0.15, 0.2) is 0 Å². The first-order valence-electron chi connectivity index (χ1n) is 9.56. The summed E-state index contributed by atoms with van der Waals surface area (Å²) in [6.45, 7) is 8.45. The number of anilines is 1. The average molecular weight is 414 g/mol. The molecule has 0 saturated heterocycles. The molecule has 4 rings (SSSR count). The molecule has 1 saturated carbocycles. The molecule has 1 fully saturated rings. The fraction of sp³-hybridized carbons (Fsp3) is 0.500. The second-order valence-electron chi connectivity index (χ2n) is 8.57. The van der Waals surface area contributed by atoms with E-state index in [2.05, 4.69) is 36.3 Å². The number of rotatable bonds is 5. The first kappa shape index (κ1) is 19.8. The molecule has 2 bridgehead atoms. The van der Waals surface area contributed by atoms with Gasteiger partial charge in [-0.2, -0.15) is 5.10 Å². The summed E-state index contributed by atoms with van der Waals surface area (Å²) < 4.78 is 0. The SMILES string of the molecule is Cc1ccc(NC(=O)CSc2nnc3c(n2)[C@@]2(C)CC[C@H]3C2(C)C)cc1[N+](=O)[O-]. The molecule has 2 aliphatic carbocycles. The molecule has 0 spiro atoms. The standard InChI is InChI=1S/C20H23N5O3S/c1-11-5-6-12(9-14(11)25(27)28)21-15(26)10-29-18-22-17-16(23-24-18)13-7-8-20(17,4)19(13,2)3/h5-6,9,13H,7-8,10H2,1-4H3,(H,21,26)/t13-,20-/m1/s1. The topological polar surface area (TPSA) is 111 Å². The van der Waals surface area contributed by atoms with Crippen LogP contribution in [0, 0.1) is 22.5 Å². The number of thioether (sulfide) groups is 1. The lowest BCUT2D eigenvalue weighted by Crippen LogP contribution is -2.32. The Bertz CT molecular complexity index is 1030. The summed E-state index contributed by atoms with van der Waals surface area (Å²) in [4.78, 5) is 27.6. The molecular weight excluding hydrogens is 390 g/mol. The molecule has 9 heteroatoms. The van der Waals surface area contributed by atoms with Crippen molar-refractivity contribution in [1.82, 2.24) is 15.2 Å². The summed E-state index contributed by atoms with van der Waals surface area (Å²) in [6, 6.07) is 4.63. The van der Waals surface area contributed by atoms with Crippen LogP contribution >= 0.6 is 11.8 Å². The van der Waals surface area contributed by atoms with Crippen molar-refractivity contribution in [3.05, 3.63) is 45.3 Å². The average Bonchev–Trinajstić information content (AvgIpc) is 3.00. The van der Waals surface area contributed by atoms with E-state index in [0.717, 1.165) is 24.2 Å². The lowest BCUT2D eigenvalue weighted by Gasteiger charge is -2.33. The number of nitro benzene ring substituents is 1. The fourth-order valence-electron chi connectivity index (χ4n) is 4.63. The minimum absolute atomic E-state index is 0.0126. The van der Waals surface area contributed by atoms with Crippen molar-refractivity contribution in [1.29, 1.82) is 0 Å². The van der Waals surface area contributed by atoms with E-state index in [1.807, 2.05) is 0 Å². The number of nitro groups is 1. The third-order valence-electron chi connectivity index (χ3n) is 6.79. The predicted molar refractivity (Wildman–Crippen MR) is 110 cm³/mol. The number of aryl methyl sites for hydroxylation is 1. The van der Waals surface area contributed by atoms with Gasteiger partial charge in [-0.15, -0.1) is 5.10 Å². The molecule has 0 aliphatic heterocycles. The highest BCUT2D eigenvalue weighted by molar-refractivity contribution is 7.99. The molecule has 1 aromatic heterocycles. The minimum atomic E-state index is -0.459. The molecule has 2 aliphatic rings. The second-order valence-corrected chi connectivity index (χ2v) is 9.51. The van der Waals surface area contributed by atoms with Crippen LogP contribution in [0.5, 0.6) is 0 Å². The van der Waals surface area contributed by atoms with Crippen LogP contribution in [-0.2, 0) is 10.2 Å². The lowest BCUT2D eigenvalue weighted by atomic mass is 9.70. The largest absolute Gasteiger partial charge is 0.325 e. The smallest absolute Gasteiger partial charge is 0.274 e. The zero-order valence-electron chi connectivity index (χ0n) is 16.9. The number of carbonyl (C=O) groups excluding carboxylic acids is 1. The van der Waals surface area contributed by atoms with Crippen LogP contribution < -0.4 is 5.32 Å². The zero-order chi connectivity index (χ0) is 21.0. The normalized spacial score (nSPS) is 23.7. The van der Waals surface area contributed by atoms with Crippen LogP contribution in [0.3, 0.4) is 0 Å². The van der Waals surface area contributed by atoms with Crippen molar-refractivity contribution in [2.45, 2.75) is 57.0 Å². The molecule has 0 radical (unpaired) electrons. The maximum Gasteiger partial charge on any atom is 0.274 e. The van der Waals surface area contributed by atoms with Crippen molar-refractivity contribution >= 4 is 29.0 Å². The first-order chi connectivity index (χ1) is 13.6. The molecule has 8 nitrogen and oxygen atoms in total. The molecule has 2 atom stereocenters. The zero-order valence-corrected chi connectivity index (χ0v) is 17.7. The van der Waals surface area contributed by atoms with Crippen LogP contribution in [0.4, 0.5) is 11.4 Å². The van der Waals surface area contributed by atoms with Crippen LogP contribution in [0.15, 0.2) is 23.4 Å². The number of carbonyl (C=O) groups is 1. The minimum Gasteiger partial charge on any atom is -0.325 e. The Morgan fingerprint density at radius 1 is 1.34 bits per heavy atom. The van der Waals surface area contributed by atoms with Crippen molar-refractivity contribution < 1.29 is 9.72 Å². The van der Waals surface area contributed by atoms with Crippen LogP contribution in [0.2, 0.25) is 0 Å². The number of aromatic nitrogens is 3. The van der Waals surface area contributed by atoms with Gasteiger partial charge < -0.3 is 5.32 Å². The summed E-state index contributed by atoms with van der Waals surface area (Å²) in [5.41, 5.74) is 3.04. The number of hydrogen-bond donors (Lipinski definition) is 1. The lowest BCUT2D eigenvalue weighted by molar-refractivity contribution is -0.385. The van der Waals surface area contributed by atoms with Gasteiger partial charge in [0.1, 0.15) is 0 Å². The van der Waals surface area contributed by atoms with E-state index >= 15 is 0 Å². The summed E-state index contributed by atoms with van der Waals surface area (Å²) >= 11 is 1.22. The molecule has 1 amide bonds.